The largest absolute Gasteiger partial charge is 0.352 e. The maximum absolute atomic E-state index is 11.8. The zero-order chi connectivity index (χ0) is 14.8. The van der Waals surface area contributed by atoms with Crippen LogP contribution < -0.4 is 5.32 Å². The van der Waals surface area contributed by atoms with Gasteiger partial charge in [0.05, 0.1) is 6.20 Å². The molecule has 0 bridgehead atoms. The lowest BCUT2D eigenvalue weighted by Gasteiger charge is -2.17. The van der Waals surface area contributed by atoms with Crippen molar-refractivity contribution in [3.63, 3.8) is 0 Å². The number of carbonyl (C=O) groups excluding carboxylic acids is 1. The first-order valence-corrected chi connectivity index (χ1v) is 7.51. The average Bonchev–Trinajstić information content (AvgIpc) is 3.07. The average molecular weight is 283 g/mol. The Morgan fingerprint density at radius 1 is 1.33 bits per heavy atom. The first-order valence-electron chi connectivity index (χ1n) is 7.51. The van der Waals surface area contributed by atoms with E-state index in [2.05, 4.69) is 42.6 Å². The highest BCUT2D eigenvalue weighted by Gasteiger charge is 2.34. The fourth-order valence-electron chi connectivity index (χ4n) is 2.95. The van der Waals surface area contributed by atoms with Crippen molar-refractivity contribution >= 4 is 5.91 Å². The standard InChI is InChI=1S/C17H21N3O/c1-12(2)20-11-14(10-18-20)15-9-17(21)19-16(15)8-13-6-4-3-5-7-13/h3-7,10-12,15-16H,8-9H2,1-2H3,(H,19,21). The Bertz CT molecular complexity index is 618. The molecule has 3 rings (SSSR count). The summed E-state index contributed by atoms with van der Waals surface area (Å²) >= 11 is 0. The minimum atomic E-state index is 0.137. The third kappa shape index (κ3) is 2.99. The van der Waals surface area contributed by atoms with Gasteiger partial charge in [-0.3, -0.25) is 9.48 Å². The van der Waals surface area contributed by atoms with Gasteiger partial charge in [-0.15, -0.1) is 0 Å². The molecule has 1 aromatic carbocycles. The van der Waals surface area contributed by atoms with Gasteiger partial charge in [0, 0.05) is 30.6 Å². The lowest BCUT2D eigenvalue weighted by molar-refractivity contribution is -0.119. The van der Waals surface area contributed by atoms with Crippen LogP contribution >= 0.6 is 0 Å². The maximum atomic E-state index is 11.8. The molecule has 1 aliphatic heterocycles. The summed E-state index contributed by atoms with van der Waals surface area (Å²) in [6, 6.07) is 10.8. The van der Waals surface area contributed by atoms with E-state index in [-0.39, 0.29) is 17.9 Å². The monoisotopic (exact) mass is 283 g/mol. The Morgan fingerprint density at radius 2 is 2.10 bits per heavy atom. The van der Waals surface area contributed by atoms with Crippen LogP contribution in [0.3, 0.4) is 0 Å². The van der Waals surface area contributed by atoms with Gasteiger partial charge in [0.1, 0.15) is 0 Å². The van der Waals surface area contributed by atoms with Gasteiger partial charge in [-0.25, -0.2) is 0 Å². The number of nitrogens with zero attached hydrogens (tertiary/aromatic N) is 2. The molecule has 1 aromatic heterocycles. The highest BCUT2D eigenvalue weighted by molar-refractivity contribution is 5.80. The van der Waals surface area contributed by atoms with Gasteiger partial charge in [-0.1, -0.05) is 30.3 Å². The zero-order valence-corrected chi connectivity index (χ0v) is 12.5. The lowest BCUT2D eigenvalue weighted by atomic mass is 9.90. The predicted molar refractivity (Wildman–Crippen MR) is 82.0 cm³/mol. The van der Waals surface area contributed by atoms with Gasteiger partial charge in [0.15, 0.2) is 0 Å². The van der Waals surface area contributed by atoms with E-state index in [1.807, 2.05) is 29.1 Å². The molecule has 0 aliphatic carbocycles. The first-order chi connectivity index (χ1) is 10.1. The number of hydrogen-bond donors (Lipinski definition) is 1. The van der Waals surface area contributed by atoms with Gasteiger partial charge in [0.2, 0.25) is 5.91 Å². The molecule has 2 heterocycles. The summed E-state index contributed by atoms with van der Waals surface area (Å²) in [4.78, 5) is 11.8. The van der Waals surface area contributed by atoms with Crippen LogP contribution in [-0.2, 0) is 11.2 Å². The van der Waals surface area contributed by atoms with E-state index in [1.165, 1.54) is 5.56 Å². The molecule has 0 saturated carbocycles. The molecule has 2 atom stereocenters. The molecule has 0 spiro atoms. The van der Waals surface area contributed by atoms with Crippen molar-refractivity contribution in [3.05, 3.63) is 53.9 Å². The topological polar surface area (TPSA) is 46.9 Å². The number of carbonyl (C=O) groups is 1. The molecule has 21 heavy (non-hydrogen) atoms. The second-order valence-corrected chi connectivity index (χ2v) is 6.02. The van der Waals surface area contributed by atoms with Gasteiger partial charge in [-0.2, -0.15) is 5.10 Å². The van der Waals surface area contributed by atoms with Crippen LogP contribution in [0.25, 0.3) is 0 Å². The van der Waals surface area contributed by atoms with Crippen molar-refractivity contribution in [1.29, 1.82) is 0 Å². The van der Waals surface area contributed by atoms with E-state index in [0.29, 0.717) is 12.5 Å². The second kappa shape index (κ2) is 5.72. The molecular formula is C17H21N3O. The van der Waals surface area contributed by atoms with Crippen molar-refractivity contribution in [3.8, 4) is 0 Å². The summed E-state index contributed by atoms with van der Waals surface area (Å²) in [7, 11) is 0. The number of aromatic nitrogens is 2. The van der Waals surface area contributed by atoms with Crippen molar-refractivity contribution in [2.75, 3.05) is 0 Å². The van der Waals surface area contributed by atoms with E-state index in [9.17, 15) is 4.79 Å². The number of nitrogens with one attached hydrogen (secondary N) is 1. The summed E-state index contributed by atoms with van der Waals surface area (Å²) in [5.41, 5.74) is 2.41. The molecule has 2 unspecified atom stereocenters. The normalized spacial score (nSPS) is 21.8. The summed E-state index contributed by atoms with van der Waals surface area (Å²) in [5.74, 6) is 0.350. The quantitative estimate of drug-likeness (QED) is 0.937. The van der Waals surface area contributed by atoms with Crippen LogP contribution in [0.5, 0.6) is 0 Å². The van der Waals surface area contributed by atoms with Gasteiger partial charge < -0.3 is 5.32 Å². The number of benzene rings is 1. The van der Waals surface area contributed by atoms with E-state index in [0.717, 1.165) is 12.0 Å². The zero-order valence-electron chi connectivity index (χ0n) is 12.5. The number of amides is 1. The van der Waals surface area contributed by atoms with Gasteiger partial charge in [-0.05, 0) is 31.4 Å². The van der Waals surface area contributed by atoms with E-state index in [1.54, 1.807) is 0 Å². The maximum Gasteiger partial charge on any atom is 0.220 e. The number of rotatable bonds is 4. The smallest absolute Gasteiger partial charge is 0.220 e. The number of hydrogen-bond acceptors (Lipinski definition) is 2. The Balaban J connectivity index is 1.80. The third-order valence-electron chi connectivity index (χ3n) is 4.11. The molecule has 1 fully saturated rings. The van der Waals surface area contributed by atoms with Crippen LogP contribution in [0.1, 0.15) is 43.4 Å². The van der Waals surface area contributed by atoms with Crippen LogP contribution in [0.2, 0.25) is 0 Å². The fraction of sp³-hybridized carbons (Fsp3) is 0.412. The van der Waals surface area contributed by atoms with Crippen molar-refractivity contribution < 1.29 is 4.79 Å². The van der Waals surface area contributed by atoms with Crippen molar-refractivity contribution in [2.24, 2.45) is 0 Å². The second-order valence-electron chi connectivity index (χ2n) is 6.02. The SMILES string of the molecule is CC(C)n1cc(C2CC(=O)NC2Cc2ccccc2)cn1. The van der Waals surface area contributed by atoms with Gasteiger partial charge >= 0.3 is 0 Å². The van der Waals surface area contributed by atoms with Crippen LogP contribution in [0.15, 0.2) is 42.7 Å². The summed E-state index contributed by atoms with van der Waals surface area (Å²) in [6.07, 6.45) is 5.40. The van der Waals surface area contributed by atoms with E-state index >= 15 is 0 Å². The van der Waals surface area contributed by atoms with Crippen molar-refractivity contribution in [2.45, 2.75) is 44.7 Å². The Labute approximate surface area is 125 Å². The van der Waals surface area contributed by atoms with Gasteiger partial charge in [0.25, 0.3) is 0 Å². The Morgan fingerprint density at radius 3 is 2.76 bits per heavy atom. The highest BCUT2D eigenvalue weighted by atomic mass is 16.2. The van der Waals surface area contributed by atoms with E-state index in [4.69, 9.17) is 0 Å². The molecule has 4 nitrogen and oxygen atoms in total. The van der Waals surface area contributed by atoms with Crippen LogP contribution in [0.4, 0.5) is 0 Å². The molecule has 110 valence electrons. The van der Waals surface area contributed by atoms with E-state index < -0.39 is 0 Å². The summed E-state index contributed by atoms with van der Waals surface area (Å²) < 4.78 is 1.96. The molecule has 1 N–H and O–H groups in total. The van der Waals surface area contributed by atoms with Crippen LogP contribution in [0, 0.1) is 0 Å². The minimum absolute atomic E-state index is 0.137. The van der Waals surface area contributed by atoms with Crippen LogP contribution in [-0.4, -0.2) is 21.7 Å². The predicted octanol–water partition coefficient (Wildman–Crippen LogP) is 2.68. The lowest BCUT2D eigenvalue weighted by Crippen LogP contribution is -2.30. The molecule has 4 heteroatoms. The molecular weight excluding hydrogens is 262 g/mol. The third-order valence-corrected chi connectivity index (χ3v) is 4.11. The Hall–Kier alpha value is -2.10. The minimum Gasteiger partial charge on any atom is -0.352 e. The Kier molecular flexibility index (Phi) is 3.78. The summed E-state index contributed by atoms with van der Waals surface area (Å²) in [6.45, 7) is 4.21. The molecule has 1 aliphatic rings. The molecule has 1 amide bonds. The summed E-state index contributed by atoms with van der Waals surface area (Å²) in [5, 5.41) is 7.52. The highest BCUT2D eigenvalue weighted by Crippen LogP contribution is 2.30. The first kappa shape index (κ1) is 13.9. The molecule has 1 saturated heterocycles. The molecule has 2 aromatic rings. The van der Waals surface area contributed by atoms with Crippen molar-refractivity contribution in [1.82, 2.24) is 15.1 Å². The molecule has 0 radical (unpaired) electrons. The fourth-order valence-corrected chi connectivity index (χ4v) is 2.95.